The first-order valence-electron chi connectivity index (χ1n) is 8.92. The number of aromatic nitrogens is 1. The van der Waals surface area contributed by atoms with Crippen molar-refractivity contribution < 1.29 is 9.72 Å². The molecule has 8 nitrogen and oxygen atoms in total. The molecular formula is C21H21N5O3. The molecule has 0 aliphatic carbocycles. The number of nitrogens with one attached hydrogen (secondary N) is 1. The third kappa shape index (κ3) is 4.01. The molecule has 0 saturated heterocycles. The van der Waals surface area contributed by atoms with Crippen LogP contribution in [-0.4, -0.2) is 21.6 Å². The van der Waals surface area contributed by atoms with Gasteiger partial charge in [0.2, 0.25) is 0 Å². The summed E-state index contributed by atoms with van der Waals surface area (Å²) < 4.78 is 1.93. The van der Waals surface area contributed by atoms with Gasteiger partial charge < -0.3 is 10.3 Å². The van der Waals surface area contributed by atoms with Crippen LogP contribution in [0.5, 0.6) is 0 Å². The Balaban J connectivity index is 1.88. The lowest BCUT2D eigenvalue weighted by molar-refractivity contribution is -0.384. The van der Waals surface area contributed by atoms with Gasteiger partial charge in [-0.25, -0.2) is 5.43 Å². The van der Waals surface area contributed by atoms with E-state index in [1.54, 1.807) is 42.6 Å². The molecule has 3 aromatic rings. The number of hydrazone groups is 1. The Morgan fingerprint density at radius 2 is 1.90 bits per heavy atom. The molecule has 148 valence electrons. The van der Waals surface area contributed by atoms with Crippen molar-refractivity contribution in [1.82, 2.24) is 9.99 Å². The van der Waals surface area contributed by atoms with E-state index >= 15 is 0 Å². The molecule has 0 aliphatic rings. The largest absolute Gasteiger partial charge is 0.398 e. The van der Waals surface area contributed by atoms with Gasteiger partial charge in [0.25, 0.3) is 11.6 Å². The van der Waals surface area contributed by atoms with E-state index in [0.717, 1.165) is 28.2 Å². The van der Waals surface area contributed by atoms with E-state index in [2.05, 4.69) is 10.5 Å². The van der Waals surface area contributed by atoms with E-state index in [1.807, 2.05) is 31.4 Å². The predicted octanol–water partition coefficient (Wildman–Crippen LogP) is 3.66. The number of nitro groups is 1. The molecule has 1 aromatic heterocycles. The smallest absolute Gasteiger partial charge is 0.273 e. The normalized spacial score (nSPS) is 11.0. The molecule has 0 radical (unpaired) electrons. The van der Waals surface area contributed by atoms with Crippen molar-refractivity contribution in [3.63, 3.8) is 0 Å². The molecule has 0 aliphatic heterocycles. The Morgan fingerprint density at radius 3 is 2.59 bits per heavy atom. The van der Waals surface area contributed by atoms with Gasteiger partial charge in [-0.3, -0.25) is 14.9 Å². The van der Waals surface area contributed by atoms with Gasteiger partial charge in [0.15, 0.2) is 0 Å². The zero-order valence-electron chi connectivity index (χ0n) is 16.3. The highest BCUT2D eigenvalue weighted by atomic mass is 16.6. The molecule has 0 unspecified atom stereocenters. The topological polar surface area (TPSA) is 116 Å². The molecule has 8 heteroatoms. The summed E-state index contributed by atoms with van der Waals surface area (Å²) in [6.45, 7) is 5.70. The fourth-order valence-electron chi connectivity index (χ4n) is 3.17. The molecule has 1 amide bonds. The number of nitrogens with two attached hydrogens (primary N) is 1. The average Bonchev–Trinajstić information content (AvgIpc) is 2.96. The Labute approximate surface area is 167 Å². The maximum atomic E-state index is 12.2. The SMILES string of the molecule is Cc1ccc([N+](=O)[O-])cc1-n1c(C)cc(/C=N/NC(=O)c2ccccc2N)c1C. The lowest BCUT2D eigenvalue weighted by Crippen LogP contribution is -2.19. The standard InChI is InChI=1S/C21H21N5O3/c1-13-8-9-17(26(28)29)11-20(13)25-14(2)10-16(15(25)3)12-23-24-21(27)18-6-4-5-7-19(18)22/h4-12H,22H2,1-3H3,(H,24,27)/b23-12+. The average molecular weight is 391 g/mol. The summed E-state index contributed by atoms with van der Waals surface area (Å²) in [6, 6.07) is 13.4. The number of hydrogen-bond donors (Lipinski definition) is 2. The van der Waals surface area contributed by atoms with E-state index in [0.29, 0.717) is 11.3 Å². The van der Waals surface area contributed by atoms with E-state index < -0.39 is 10.8 Å². The van der Waals surface area contributed by atoms with Crippen LogP contribution in [-0.2, 0) is 0 Å². The number of rotatable bonds is 5. The Bertz CT molecular complexity index is 1130. The number of benzene rings is 2. The minimum Gasteiger partial charge on any atom is -0.398 e. The maximum Gasteiger partial charge on any atom is 0.273 e. The van der Waals surface area contributed by atoms with Crippen molar-refractivity contribution in [1.29, 1.82) is 0 Å². The number of nitro benzene ring substituents is 1. The highest BCUT2D eigenvalue weighted by Crippen LogP contribution is 2.26. The van der Waals surface area contributed by atoms with Crippen LogP contribution in [0.15, 0.2) is 53.6 Å². The number of amides is 1. The first kappa shape index (κ1) is 19.8. The number of aryl methyl sites for hydroxylation is 2. The van der Waals surface area contributed by atoms with Gasteiger partial charge in [-0.2, -0.15) is 5.10 Å². The van der Waals surface area contributed by atoms with E-state index in [4.69, 9.17) is 5.73 Å². The molecule has 0 fully saturated rings. The molecule has 0 atom stereocenters. The van der Waals surface area contributed by atoms with Gasteiger partial charge in [-0.15, -0.1) is 0 Å². The molecule has 0 bridgehead atoms. The van der Waals surface area contributed by atoms with Crippen molar-refractivity contribution in [3.05, 3.63) is 86.7 Å². The summed E-state index contributed by atoms with van der Waals surface area (Å²) >= 11 is 0. The van der Waals surface area contributed by atoms with Crippen LogP contribution in [0, 0.1) is 30.9 Å². The number of para-hydroxylation sites is 1. The Hall–Kier alpha value is -3.94. The third-order valence-electron chi connectivity index (χ3n) is 4.69. The Kier molecular flexibility index (Phi) is 5.45. The van der Waals surface area contributed by atoms with E-state index in [-0.39, 0.29) is 5.69 Å². The Morgan fingerprint density at radius 1 is 1.17 bits per heavy atom. The lowest BCUT2D eigenvalue weighted by Gasteiger charge is -2.12. The number of carbonyl (C=O) groups excluding carboxylic acids is 1. The van der Waals surface area contributed by atoms with Crippen LogP contribution in [0.1, 0.15) is 32.9 Å². The molecular weight excluding hydrogens is 370 g/mol. The van der Waals surface area contributed by atoms with Crippen molar-refractivity contribution in [3.8, 4) is 5.69 Å². The molecule has 2 aromatic carbocycles. The number of hydrogen-bond acceptors (Lipinski definition) is 5. The second-order valence-corrected chi connectivity index (χ2v) is 6.68. The van der Waals surface area contributed by atoms with Gasteiger partial charge in [0.1, 0.15) is 0 Å². The van der Waals surface area contributed by atoms with Crippen molar-refractivity contribution in [2.24, 2.45) is 5.10 Å². The van der Waals surface area contributed by atoms with Crippen molar-refractivity contribution >= 4 is 23.5 Å². The number of anilines is 1. The molecule has 3 rings (SSSR count). The van der Waals surface area contributed by atoms with Crippen LogP contribution >= 0.6 is 0 Å². The fourth-order valence-corrected chi connectivity index (χ4v) is 3.17. The molecule has 0 spiro atoms. The summed E-state index contributed by atoms with van der Waals surface area (Å²) in [4.78, 5) is 22.9. The van der Waals surface area contributed by atoms with E-state index in [1.165, 1.54) is 6.07 Å². The van der Waals surface area contributed by atoms with Crippen LogP contribution in [0.4, 0.5) is 11.4 Å². The summed E-state index contributed by atoms with van der Waals surface area (Å²) in [5.41, 5.74) is 13.2. The molecule has 3 N–H and O–H groups in total. The second kappa shape index (κ2) is 7.97. The first-order chi connectivity index (χ1) is 13.8. The number of non-ortho nitro benzene ring substituents is 1. The van der Waals surface area contributed by atoms with Gasteiger partial charge in [0.05, 0.1) is 22.4 Å². The summed E-state index contributed by atoms with van der Waals surface area (Å²) in [5.74, 6) is -0.400. The predicted molar refractivity (Wildman–Crippen MR) is 113 cm³/mol. The van der Waals surface area contributed by atoms with Gasteiger partial charge >= 0.3 is 0 Å². The first-order valence-corrected chi connectivity index (χ1v) is 8.92. The van der Waals surface area contributed by atoms with Crippen LogP contribution < -0.4 is 11.2 Å². The van der Waals surface area contributed by atoms with Crippen molar-refractivity contribution in [2.75, 3.05) is 5.73 Å². The number of carbonyl (C=O) groups is 1. The molecule has 1 heterocycles. The van der Waals surface area contributed by atoms with Crippen LogP contribution in [0.25, 0.3) is 5.69 Å². The summed E-state index contributed by atoms with van der Waals surface area (Å²) in [7, 11) is 0. The minimum atomic E-state index is -0.412. The maximum absolute atomic E-state index is 12.2. The number of nitrogens with zero attached hydrogens (tertiary/aromatic N) is 3. The zero-order chi connectivity index (χ0) is 21.1. The summed E-state index contributed by atoms with van der Waals surface area (Å²) in [5, 5.41) is 15.2. The van der Waals surface area contributed by atoms with Crippen LogP contribution in [0.3, 0.4) is 0 Å². The third-order valence-corrected chi connectivity index (χ3v) is 4.69. The van der Waals surface area contributed by atoms with E-state index in [9.17, 15) is 14.9 Å². The summed E-state index contributed by atoms with van der Waals surface area (Å²) in [6.07, 6.45) is 1.54. The van der Waals surface area contributed by atoms with Gasteiger partial charge in [0, 0.05) is 34.8 Å². The molecule has 0 saturated carbocycles. The fraction of sp³-hybridized carbons (Fsp3) is 0.143. The quantitative estimate of drug-likeness (QED) is 0.299. The van der Waals surface area contributed by atoms with Crippen molar-refractivity contribution in [2.45, 2.75) is 20.8 Å². The van der Waals surface area contributed by atoms with Gasteiger partial charge in [-0.05, 0) is 44.5 Å². The second-order valence-electron chi connectivity index (χ2n) is 6.68. The number of nitrogen functional groups attached to an aromatic ring is 1. The highest BCUT2D eigenvalue weighted by molar-refractivity contribution is 5.99. The monoisotopic (exact) mass is 391 g/mol. The molecule has 29 heavy (non-hydrogen) atoms. The van der Waals surface area contributed by atoms with Crippen LogP contribution in [0.2, 0.25) is 0 Å². The highest BCUT2D eigenvalue weighted by Gasteiger charge is 2.15. The van der Waals surface area contributed by atoms with Gasteiger partial charge in [-0.1, -0.05) is 18.2 Å². The lowest BCUT2D eigenvalue weighted by atomic mass is 10.1. The zero-order valence-corrected chi connectivity index (χ0v) is 16.3. The minimum absolute atomic E-state index is 0.0287.